The van der Waals surface area contributed by atoms with E-state index in [9.17, 15) is 9.59 Å². The van der Waals surface area contributed by atoms with Crippen molar-refractivity contribution in [3.05, 3.63) is 101 Å². The summed E-state index contributed by atoms with van der Waals surface area (Å²) >= 11 is 0. The van der Waals surface area contributed by atoms with Crippen LogP contribution in [-0.4, -0.2) is 11.9 Å². The Labute approximate surface area is 167 Å². The van der Waals surface area contributed by atoms with Crippen LogP contribution in [0.1, 0.15) is 32.6 Å². The summed E-state index contributed by atoms with van der Waals surface area (Å²) < 4.78 is 5.01. The highest BCUT2D eigenvalue weighted by atomic mass is 16.5. The second-order valence-electron chi connectivity index (χ2n) is 6.56. The van der Waals surface area contributed by atoms with Gasteiger partial charge in [0.05, 0.1) is 17.2 Å². The lowest BCUT2D eigenvalue weighted by molar-refractivity contribution is -0.111. The molecular formula is C24H16N2O3. The minimum absolute atomic E-state index is 0.209. The molecule has 0 atom stereocenters. The van der Waals surface area contributed by atoms with Crippen LogP contribution in [0.5, 0.6) is 0 Å². The molecule has 0 saturated heterocycles. The number of nitriles is 1. The van der Waals surface area contributed by atoms with E-state index in [1.165, 1.54) is 0 Å². The molecule has 0 unspecified atom stereocenters. The third-order valence-electron chi connectivity index (χ3n) is 4.62. The van der Waals surface area contributed by atoms with Gasteiger partial charge >= 0.3 is 5.97 Å². The van der Waals surface area contributed by atoms with Gasteiger partial charge in [-0.2, -0.15) is 5.26 Å². The Morgan fingerprint density at radius 1 is 1.03 bits per heavy atom. The third kappa shape index (κ3) is 3.92. The van der Waals surface area contributed by atoms with Crippen LogP contribution in [0.4, 0.5) is 5.69 Å². The van der Waals surface area contributed by atoms with Crippen LogP contribution < -0.4 is 5.32 Å². The normalized spacial score (nSPS) is 12.7. The number of rotatable bonds is 4. The number of nitrogens with one attached hydrogen (secondary N) is 1. The molecule has 1 amide bonds. The van der Waals surface area contributed by atoms with Gasteiger partial charge in [-0.25, -0.2) is 4.79 Å². The topological polar surface area (TPSA) is 79.2 Å². The highest BCUT2D eigenvalue weighted by Gasteiger charge is 2.21. The fourth-order valence-corrected chi connectivity index (χ4v) is 3.13. The smallest absolute Gasteiger partial charge is 0.338 e. The summed E-state index contributed by atoms with van der Waals surface area (Å²) in [4.78, 5) is 24.7. The quantitative estimate of drug-likeness (QED) is 0.413. The molecule has 0 aromatic heterocycles. The van der Waals surface area contributed by atoms with E-state index in [4.69, 9.17) is 10.00 Å². The average molecular weight is 380 g/mol. The fourth-order valence-electron chi connectivity index (χ4n) is 3.13. The number of ether oxygens (including phenoxy) is 1. The molecule has 5 nitrogen and oxygen atoms in total. The van der Waals surface area contributed by atoms with Gasteiger partial charge in [-0.15, -0.1) is 0 Å². The van der Waals surface area contributed by atoms with E-state index < -0.39 is 0 Å². The number of benzene rings is 3. The molecule has 0 saturated carbocycles. The van der Waals surface area contributed by atoms with Crippen molar-refractivity contribution in [2.75, 3.05) is 5.32 Å². The van der Waals surface area contributed by atoms with Crippen molar-refractivity contribution < 1.29 is 14.3 Å². The number of amides is 1. The van der Waals surface area contributed by atoms with Gasteiger partial charge in [-0.1, -0.05) is 42.5 Å². The molecule has 4 rings (SSSR count). The summed E-state index contributed by atoms with van der Waals surface area (Å²) in [6.07, 6.45) is 1.80. The molecule has 0 aliphatic carbocycles. The molecule has 0 spiro atoms. The first-order chi connectivity index (χ1) is 14.1. The predicted molar refractivity (Wildman–Crippen MR) is 110 cm³/mol. The third-order valence-corrected chi connectivity index (χ3v) is 4.62. The van der Waals surface area contributed by atoms with E-state index >= 15 is 0 Å². The van der Waals surface area contributed by atoms with Gasteiger partial charge in [0, 0.05) is 16.8 Å². The van der Waals surface area contributed by atoms with Gasteiger partial charge in [0.15, 0.2) is 0 Å². The maximum absolute atomic E-state index is 13.1. The number of hydrogen-bond acceptors (Lipinski definition) is 4. The van der Waals surface area contributed by atoms with E-state index in [0.29, 0.717) is 28.0 Å². The SMILES string of the molecule is N#Cc1ccc(/C(=C/c2ccccc2)C(=O)Nc2ccc3c(c2)COC3=O)cc1. The Kier molecular flexibility index (Phi) is 4.91. The molecule has 3 aromatic rings. The van der Waals surface area contributed by atoms with Gasteiger partial charge in [-0.05, 0) is 47.5 Å². The number of carbonyl (C=O) groups is 2. The van der Waals surface area contributed by atoms with Gasteiger partial charge in [-0.3, -0.25) is 4.79 Å². The highest BCUT2D eigenvalue weighted by molar-refractivity contribution is 6.29. The minimum atomic E-state index is -0.347. The van der Waals surface area contributed by atoms with Crippen molar-refractivity contribution in [2.24, 2.45) is 0 Å². The molecule has 1 heterocycles. The van der Waals surface area contributed by atoms with E-state index in [2.05, 4.69) is 11.4 Å². The molecule has 5 heteroatoms. The zero-order valence-electron chi connectivity index (χ0n) is 15.4. The van der Waals surface area contributed by atoms with Crippen LogP contribution in [0.3, 0.4) is 0 Å². The standard InChI is InChI=1S/C24H16N2O3/c25-14-17-6-8-18(9-7-17)22(12-16-4-2-1-3-5-16)23(27)26-20-10-11-21-19(13-20)15-29-24(21)28/h1-13H,15H2,(H,26,27)/b22-12-. The number of carbonyl (C=O) groups excluding carboxylic acids is 2. The van der Waals surface area contributed by atoms with Crippen molar-refractivity contribution in [1.82, 2.24) is 0 Å². The van der Waals surface area contributed by atoms with Crippen LogP contribution in [0, 0.1) is 11.3 Å². The summed E-state index contributed by atoms with van der Waals surface area (Å²) in [5.41, 5.74) is 4.43. The Morgan fingerprint density at radius 2 is 1.79 bits per heavy atom. The van der Waals surface area contributed by atoms with Crippen LogP contribution in [-0.2, 0) is 16.1 Å². The van der Waals surface area contributed by atoms with Gasteiger partial charge in [0.1, 0.15) is 6.61 Å². The molecule has 1 aliphatic heterocycles. The largest absolute Gasteiger partial charge is 0.457 e. The fraction of sp³-hybridized carbons (Fsp3) is 0.0417. The monoisotopic (exact) mass is 380 g/mol. The first kappa shape index (κ1) is 18.2. The van der Waals surface area contributed by atoms with E-state index in [-0.39, 0.29) is 18.5 Å². The number of hydrogen-bond donors (Lipinski definition) is 1. The Hall–Kier alpha value is -4.17. The maximum Gasteiger partial charge on any atom is 0.338 e. The molecule has 0 bridgehead atoms. The first-order valence-electron chi connectivity index (χ1n) is 9.03. The lowest BCUT2D eigenvalue weighted by Gasteiger charge is -2.11. The lowest BCUT2D eigenvalue weighted by atomic mass is 10.0. The van der Waals surface area contributed by atoms with Gasteiger partial charge in [0.2, 0.25) is 0 Å². The number of esters is 1. The summed E-state index contributed by atoms with van der Waals surface area (Å²) in [5.74, 6) is -0.635. The zero-order chi connectivity index (χ0) is 20.2. The first-order valence-corrected chi connectivity index (χ1v) is 9.03. The second kappa shape index (κ2) is 7.83. The summed E-state index contributed by atoms with van der Waals surface area (Å²) in [6.45, 7) is 0.209. The molecule has 3 aromatic carbocycles. The van der Waals surface area contributed by atoms with Crippen LogP contribution in [0.2, 0.25) is 0 Å². The van der Waals surface area contributed by atoms with Crippen molar-refractivity contribution in [3.63, 3.8) is 0 Å². The molecule has 0 radical (unpaired) electrons. The average Bonchev–Trinajstić information content (AvgIpc) is 3.13. The van der Waals surface area contributed by atoms with Gasteiger partial charge in [0.25, 0.3) is 5.91 Å². The Balaban J connectivity index is 1.67. The number of nitrogens with zero attached hydrogens (tertiary/aromatic N) is 1. The van der Waals surface area contributed by atoms with Crippen LogP contribution in [0.15, 0.2) is 72.8 Å². The zero-order valence-corrected chi connectivity index (χ0v) is 15.4. The van der Waals surface area contributed by atoms with E-state index in [1.54, 1.807) is 48.5 Å². The minimum Gasteiger partial charge on any atom is -0.457 e. The Bertz CT molecular complexity index is 1160. The van der Waals surface area contributed by atoms with Crippen molar-refractivity contribution in [2.45, 2.75) is 6.61 Å². The number of fused-ring (bicyclic) bond motifs is 1. The van der Waals surface area contributed by atoms with Crippen molar-refractivity contribution in [3.8, 4) is 6.07 Å². The van der Waals surface area contributed by atoms with E-state index in [1.807, 2.05) is 30.3 Å². The molecule has 1 aliphatic rings. The molecule has 0 fully saturated rings. The molecule has 1 N–H and O–H groups in total. The molecular weight excluding hydrogens is 364 g/mol. The Morgan fingerprint density at radius 3 is 2.52 bits per heavy atom. The second-order valence-corrected chi connectivity index (χ2v) is 6.56. The summed E-state index contributed by atoms with van der Waals surface area (Å²) in [7, 11) is 0. The predicted octanol–water partition coefficient (Wildman–Crippen LogP) is 4.41. The number of anilines is 1. The summed E-state index contributed by atoms with van der Waals surface area (Å²) in [6, 6.07) is 23.6. The lowest BCUT2D eigenvalue weighted by Crippen LogP contribution is -2.14. The molecule has 29 heavy (non-hydrogen) atoms. The van der Waals surface area contributed by atoms with E-state index in [0.717, 1.165) is 11.1 Å². The van der Waals surface area contributed by atoms with Crippen LogP contribution >= 0.6 is 0 Å². The van der Waals surface area contributed by atoms with Crippen molar-refractivity contribution in [1.29, 1.82) is 5.26 Å². The van der Waals surface area contributed by atoms with Crippen molar-refractivity contribution >= 4 is 29.2 Å². The maximum atomic E-state index is 13.1. The van der Waals surface area contributed by atoms with Crippen LogP contribution in [0.25, 0.3) is 11.6 Å². The molecule has 140 valence electrons. The summed E-state index contributed by atoms with van der Waals surface area (Å²) in [5, 5.41) is 11.9. The van der Waals surface area contributed by atoms with Gasteiger partial charge < -0.3 is 10.1 Å². The highest BCUT2D eigenvalue weighted by Crippen LogP contribution is 2.25. The number of cyclic esters (lactones) is 1.